The maximum Gasteiger partial charge on any atom is 0.303 e. The van der Waals surface area contributed by atoms with Gasteiger partial charge in [-0.3, -0.25) is 14.4 Å². The Kier molecular flexibility index (Phi) is 9.25. The Morgan fingerprint density at radius 3 is 2.32 bits per heavy atom. The number of carbonyl (C=O) groups is 3. The van der Waals surface area contributed by atoms with Gasteiger partial charge in [-0.05, 0) is 90.9 Å². The van der Waals surface area contributed by atoms with Crippen molar-refractivity contribution >= 4 is 35.7 Å². The first-order valence-corrected chi connectivity index (χ1v) is 16.5. The van der Waals surface area contributed by atoms with Crippen LogP contribution in [0.1, 0.15) is 82.3 Å². The summed E-state index contributed by atoms with van der Waals surface area (Å²) in [7, 11) is 0. The van der Waals surface area contributed by atoms with Crippen LogP contribution in [0.4, 0.5) is 0 Å². The lowest BCUT2D eigenvalue weighted by atomic mass is 9.89. The fraction of sp³-hybridized carbons (Fsp3) is 0.545. The molecule has 5 atom stereocenters. The van der Waals surface area contributed by atoms with E-state index in [1.54, 1.807) is 11.8 Å². The quantitative estimate of drug-likeness (QED) is 0.164. The molecule has 1 amide bonds. The summed E-state index contributed by atoms with van der Waals surface area (Å²) in [6.45, 7) is 10.1. The Bertz CT molecular complexity index is 1500. The van der Waals surface area contributed by atoms with Crippen LogP contribution < -0.4 is 16.0 Å². The molecule has 4 aliphatic rings. The summed E-state index contributed by atoms with van der Waals surface area (Å²) in [5.74, 6) is -0.469. The van der Waals surface area contributed by atoms with Crippen LogP contribution in [-0.2, 0) is 27.2 Å². The molecule has 44 heavy (non-hydrogen) atoms. The summed E-state index contributed by atoms with van der Waals surface area (Å²) in [5, 5.41) is 39.5. The van der Waals surface area contributed by atoms with Gasteiger partial charge in [-0.15, -0.1) is 11.8 Å². The SMILES string of the molecule is CCC1=C(O)N[C@H](CC2N/C(=C\c3[nH]c(C[C@@H]4NC(=O)C(C)/C4=C4/CS4)c(C)c3CCC(=O)O)C(CCC(=O)O)=C2C)C1C. The number of hydrogen-bond donors (Lipinski definition) is 7. The van der Waals surface area contributed by atoms with Gasteiger partial charge in [-0.1, -0.05) is 13.8 Å². The number of hydrogen-bond acceptors (Lipinski definition) is 7. The van der Waals surface area contributed by atoms with E-state index in [1.807, 2.05) is 33.8 Å². The lowest BCUT2D eigenvalue weighted by Gasteiger charge is -2.23. The van der Waals surface area contributed by atoms with E-state index in [9.17, 15) is 29.7 Å². The molecule has 2 saturated heterocycles. The molecule has 2 fully saturated rings. The number of rotatable bonds is 12. The van der Waals surface area contributed by atoms with E-state index in [1.165, 1.54) is 4.91 Å². The van der Waals surface area contributed by atoms with Gasteiger partial charge in [-0.25, -0.2) is 0 Å². The first-order chi connectivity index (χ1) is 20.9. The molecule has 238 valence electrons. The standard InChI is InChI=1S/C33H44N4O6S/c1-6-19-15(2)24(36-33(19)43)11-22-16(3)20(7-9-29(38)39)25(34-22)13-26-21(8-10-30(40)41)17(4)23(35-26)12-27-31(28-14-44-28)18(5)32(42)37-27/h13,15,18,22,24,27,34-36,43H,6-12,14H2,1-5H3,(H,37,42)(H,38,39)(H,40,41)/b25-13-,31-28+/t15?,18?,22?,24-,27+/m1/s1. The largest absolute Gasteiger partial charge is 0.495 e. The van der Waals surface area contributed by atoms with Crippen molar-refractivity contribution in [3.8, 4) is 0 Å². The highest BCUT2D eigenvalue weighted by Gasteiger charge is 2.40. The average molecular weight is 625 g/mol. The molecule has 4 aliphatic heterocycles. The van der Waals surface area contributed by atoms with Gasteiger partial charge in [0, 0.05) is 60.1 Å². The number of carboxylic acids is 2. The van der Waals surface area contributed by atoms with Gasteiger partial charge in [0.1, 0.15) is 0 Å². The first kappa shape index (κ1) is 31.8. The van der Waals surface area contributed by atoms with Crippen molar-refractivity contribution in [2.45, 2.75) is 97.7 Å². The molecule has 1 aromatic heterocycles. The zero-order valence-corrected chi connectivity index (χ0v) is 26.9. The van der Waals surface area contributed by atoms with Crippen LogP contribution in [0, 0.1) is 18.8 Å². The van der Waals surface area contributed by atoms with Crippen LogP contribution in [-0.4, -0.2) is 62.0 Å². The molecule has 10 nitrogen and oxygen atoms in total. The van der Waals surface area contributed by atoms with Crippen molar-refractivity contribution < 1.29 is 29.7 Å². The minimum absolute atomic E-state index is 0.00524. The molecular formula is C33H44N4O6S. The molecule has 0 aliphatic carbocycles. The fourth-order valence-electron chi connectivity index (χ4n) is 7.16. The predicted molar refractivity (Wildman–Crippen MR) is 171 cm³/mol. The van der Waals surface area contributed by atoms with E-state index in [-0.39, 0.29) is 54.6 Å². The summed E-state index contributed by atoms with van der Waals surface area (Å²) in [5.41, 5.74) is 8.69. The lowest BCUT2D eigenvalue weighted by Crippen LogP contribution is -2.36. The number of carboxylic acid groups (broad SMARTS) is 2. The van der Waals surface area contributed by atoms with Crippen molar-refractivity contribution in [1.29, 1.82) is 0 Å². The molecule has 11 heteroatoms. The number of allylic oxidation sites excluding steroid dienone is 1. The van der Waals surface area contributed by atoms with Crippen molar-refractivity contribution in [2.24, 2.45) is 11.8 Å². The highest BCUT2D eigenvalue weighted by molar-refractivity contribution is 8.11. The fourth-order valence-corrected chi connectivity index (χ4v) is 7.88. The molecule has 0 radical (unpaired) electrons. The summed E-state index contributed by atoms with van der Waals surface area (Å²) < 4.78 is 0. The number of aliphatic hydroxyl groups is 1. The summed E-state index contributed by atoms with van der Waals surface area (Å²) in [4.78, 5) is 40.6. The monoisotopic (exact) mass is 624 g/mol. The second-order valence-corrected chi connectivity index (χ2v) is 13.6. The summed E-state index contributed by atoms with van der Waals surface area (Å²) >= 11 is 1.78. The number of nitrogens with one attached hydrogen (secondary N) is 4. The minimum Gasteiger partial charge on any atom is -0.495 e. The molecule has 3 unspecified atom stereocenters. The summed E-state index contributed by atoms with van der Waals surface area (Å²) in [6.07, 6.45) is 4.76. The molecule has 7 N–H and O–H groups in total. The number of thioether (sulfide) groups is 1. The maximum absolute atomic E-state index is 12.6. The number of aliphatic carboxylic acids is 2. The van der Waals surface area contributed by atoms with E-state index >= 15 is 0 Å². The molecule has 0 spiro atoms. The zero-order valence-electron chi connectivity index (χ0n) is 26.1. The molecule has 0 saturated carbocycles. The van der Waals surface area contributed by atoms with Crippen molar-refractivity contribution in [2.75, 3.05) is 5.75 Å². The van der Waals surface area contributed by atoms with Gasteiger partial charge < -0.3 is 36.3 Å². The second kappa shape index (κ2) is 12.8. The highest BCUT2D eigenvalue weighted by atomic mass is 32.2. The summed E-state index contributed by atoms with van der Waals surface area (Å²) in [6, 6.07) is -0.110. The third-order valence-electron chi connectivity index (χ3n) is 9.86. The highest BCUT2D eigenvalue weighted by Crippen LogP contribution is 2.44. The maximum atomic E-state index is 12.6. The molecule has 5 heterocycles. The van der Waals surface area contributed by atoms with Gasteiger partial charge in [0.2, 0.25) is 5.91 Å². The number of amides is 1. The topological polar surface area (TPSA) is 164 Å². The number of aliphatic hydroxyl groups excluding tert-OH is 1. The van der Waals surface area contributed by atoms with Gasteiger partial charge >= 0.3 is 11.9 Å². The van der Waals surface area contributed by atoms with Crippen LogP contribution in [0.5, 0.6) is 0 Å². The van der Waals surface area contributed by atoms with Gasteiger partial charge in [-0.2, -0.15) is 0 Å². The second-order valence-electron chi connectivity index (χ2n) is 12.5. The Morgan fingerprint density at radius 2 is 1.70 bits per heavy atom. The predicted octanol–water partition coefficient (Wildman–Crippen LogP) is 4.69. The minimum atomic E-state index is -0.876. The van der Waals surface area contributed by atoms with Crippen LogP contribution in [0.3, 0.4) is 0 Å². The molecule has 0 aromatic carbocycles. The van der Waals surface area contributed by atoms with Gasteiger partial charge in [0.15, 0.2) is 5.88 Å². The number of H-pyrrole nitrogens is 1. The third kappa shape index (κ3) is 6.43. The van der Waals surface area contributed by atoms with Crippen LogP contribution >= 0.6 is 11.8 Å². The average Bonchev–Trinajstić information content (AvgIpc) is 3.53. The molecular weight excluding hydrogens is 580 g/mol. The number of carbonyl (C=O) groups excluding carboxylic acids is 1. The van der Waals surface area contributed by atoms with Crippen LogP contribution in [0.15, 0.2) is 38.8 Å². The molecule has 0 bridgehead atoms. The smallest absolute Gasteiger partial charge is 0.303 e. The van der Waals surface area contributed by atoms with E-state index < -0.39 is 11.9 Å². The number of aromatic amines is 1. The van der Waals surface area contributed by atoms with Gasteiger partial charge in [0.05, 0.1) is 12.0 Å². The third-order valence-corrected chi connectivity index (χ3v) is 10.7. The first-order valence-electron chi connectivity index (χ1n) is 15.6. The normalized spacial score (nSPS) is 29.0. The Hall–Kier alpha value is -3.60. The van der Waals surface area contributed by atoms with E-state index in [2.05, 4.69) is 27.9 Å². The number of aromatic nitrogens is 1. The van der Waals surface area contributed by atoms with Crippen molar-refractivity contribution in [1.82, 2.24) is 20.9 Å². The zero-order chi connectivity index (χ0) is 31.9. The van der Waals surface area contributed by atoms with Crippen molar-refractivity contribution in [3.63, 3.8) is 0 Å². The van der Waals surface area contributed by atoms with Crippen molar-refractivity contribution in [3.05, 3.63) is 61.3 Å². The Balaban J connectivity index is 1.46. The van der Waals surface area contributed by atoms with Gasteiger partial charge in [0.25, 0.3) is 0 Å². The lowest BCUT2D eigenvalue weighted by molar-refractivity contribution is -0.138. The van der Waals surface area contributed by atoms with Crippen LogP contribution in [0.25, 0.3) is 6.08 Å². The van der Waals surface area contributed by atoms with E-state index in [0.717, 1.165) is 62.7 Å². The Labute approximate surface area is 262 Å². The molecule has 1 aromatic rings. The van der Waals surface area contributed by atoms with E-state index in [0.29, 0.717) is 25.7 Å². The molecule has 5 rings (SSSR count). The Morgan fingerprint density at radius 1 is 1.02 bits per heavy atom. The van der Waals surface area contributed by atoms with E-state index in [4.69, 9.17) is 0 Å². The van der Waals surface area contributed by atoms with Crippen LogP contribution in [0.2, 0.25) is 0 Å².